The van der Waals surface area contributed by atoms with Gasteiger partial charge >= 0.3 is 0 Å². The van der Waals surface area contributed by atoms with E-state index in [1.165, 1.54) is 24.1 Å². The van der Waals surface area contributed by atoms with Gasteiger partial charge in [0.2, 0.25) is 0 Å². The summed E-state index contributed by atoms with van der Waals surface area (Å²) in [6, 6.07) is 11.8. The number of halogens is 1. The van der Waals surface area contributed by atoms with E-state index < -0.39 is 0 Å². The Morgan fingerprint density at radius 2 is 1.85 bits per heavy atom. The zero-order valence-corrected chi connectivity index (χ0v) is 11.2. The van der Waals surface area contributed by atoms with E-state index in [0.29, 0.717) is 11.3 Å². The van der Waals surface area contributed by atoms with E-state index in [0.717, 1.165) is 24.8 Å². The Balaban J connectivity index is 1.88. The van der Waals surface area contributed by atoms with Crippen LogP contribution >= 0.6 is 0 Å². The summed E-state index contributed by atoms with van der Waals surface area (Å²) in [5.74, 6) is -0.507. The maximum Gasteiger partial charge on any atom is 0.255 e. The molecule has 0 saturated carbocycles. The van der Waals surface area contributed by atoms with Gasteiger partial charge in [0.15, 0.2) is 0 Å². The molecule has 0 fully saturated rings. The number of nitrogens with one attached hydrogen (secondary N) is 1. The fourth-order valence-corrected chi connectivity index (χ4v) is 2.76. The van der Waals surface area contributed by atoms with E-state index in [1.807, 2.05) is 12.1 Å². The number of aryl methyl sites for hydroxylation is 1. The Bertz CT molecular complexity index is 651. The molecule has 0 atom stereocenters. The molecule has 0 spiro atoms. The molecule has 0 aromatic heterocycles. The lowest BCUT2D eigenvalue weighted by Crippen LogP contribution is -2.17. The van der Waals surface area contributed by atoms with Crippen molar-refractivity contribution in [1.82, 2.24) is 0 Å². The molecule has 20 heavy (non-hydrogen) atoms. The number of anilines is 1. The van der Waals surface area contributed by atoms with Crippen LogP contribution in [0.3, 0.4) is 0 Å². The van der Waals surface area contributed by atoms with E-state index >= 15 is 0 Å². The summed E-state index contributed by atoms with van der Waals surface area (Å²) in [5.41, 5.74) is 3.62. The molecule has 0 unspecified atom stereocenters. The molecule has 0 bridgehead atoms. The third-order valence-electron chi connectivity index (χ3n) is 3.72. The van der Waals surface area contributed by atoms with Crippen LogP contribution in [-0.2, 0) is 12.8 Å². The van der Waals surface area contributed by atoms with Crippen molar-refractivity contribution < 1.29 is 9.18 Å². The zero-order chi connectivity index (χ0) is 13.9. The number of hydrogen-bond donors (Lipinski definition) is 1. The molecular formula is C17H16FNO. The summed E-state index contributed by atoms with van der Waals surface area (Å²) >= 11 is 0. The van der Waals surface area contributed by atoms with Crippen LogP contribution in [0.2, 0.25) is 0 Å². The second-order valence-electron chi connectivity index (χ2n) is 5.11. The monoisotopic (exact) mass is 269 g/mol. The second-order valence-corrected chi connectivity index (χ2v) is 5.11. The highest BCUT2D eigenvalue weighted by Crippen LogP contribution is 2.25. The van der Waals surface area contributed by atoms with Crippen molar-refractivity contribution in [3.05, 3.63) is 65.0 Å². The van der Waals surface area contributed by atoms with Gasteiger partial charge in [0.1, 0.15) is 5.82 Å². The van der Waals surface area contributed by atoms with Crippen molar-refractivity contribution >= 4 is 11.6 Å². The number of amides is 1. The highest BCUT2D eigenvalue weighted by molar-refractivity contribution is 6.05. The third-order valence-corrected chi connectivity index (χ3v) is 3.72. The van der Waals surface area contributed by atoms with E-state index in [9.17, 15) is 9.18 Å². The largest absolute Gasteiger partial charge is 0.322 e. The maximum absolute atomic E-state index is 13.1. The lowest BCUT2D eigenvalue weighted by molar-refractivity contribution is 0.102. The normalized spacial score (nSPS) is 13.7. The first-order valence-electron chi connectivity index (χ1n) is 6.92. The van der Waals surface area contributed by atoms with Gasteiger partial charge in [-0.1, -0.05) is 18.2 Å². The maximum atomic E-state index is 13.1. The van der Waals surface area contributed by atoms with Crippen molar-refractivity contribution in [1.29, 1.82) is 0 Å². The minimum Gasteiger partial charge on any atom is -0.322 e. The average molecular weight is 269 g/mol. The van der Waals surface area contributed by atoms with Crippen LogP contribution in [0.25, 0.3) is 0 Å². The summed E-state index contributed by atoms with van der Waals surface area (Å²) in [6.45, 7) is 0. The molecule has 1 aliphatic rings. The fraction of sp³-hybridized carbons (Fsp3) is 0.235. The Morgan fingerprint density at radius 3 is 2.70 bits per heavy atom. The van der Waals surface area contributed by atoms with E-state index in [2.05, 4.69) is 11.4 Å². The van der Waals surface area contributed by atoms with Crippen LogP contribution in [0, 0.1) is 5.82 Å². The lowest BCUT2D eigenvalue weighted by Gasteiger charge is -2.18. The Hall–Kier alpha value is -2.16. The van der Waals surface area contributed by atoms with Crippen LogP contribution < -0.4 is 5.32 Å². The van der Waals surface area contributed by atoms with Crippen molar-refractivity contribution in [2.24, 2.45) is 0 Å². The summed E-state index contributed by atoms with van der Waals surface area (Å²) in [7, 11) is 0. The van der Waals surface area contributed by atoms with Crippen LogP contribution in [0.1, 0.15) is 34.3 Å². The molecule has 0 heterocycles. The first kappa shape index (κ1) is 12.9. The topological polar surface area (TPSA) is 29.1 Å². The lowest BCUT2D eigenvalue weighted by atomic mass is 9.88. The summed E-state index contributed by atoms with van der Waals surface area (Å²) in [5, 5.41) is 2.77. The molecule has 2 aromatic rings. The predicted molar refractivity (Wildman–Crippen MR) is 77.4 cm³/mol. The van der Waals surface area contributed by atoms with Crippen molar-refractivity contribution in [2.75, 3.05) is 5.32 Å². The van der Waals surface area contributed by atoms with Gasteiger partial charge in [-0.3, -0.25) is 4.79 Å². The highest BCUT2D eigenvalue weighted by Gasteiger charge is 2.17. The third kappa shape index (κ3) is 2.57. The number of benzene rings is 2. The minimum absolute atomic E-state index is 0.158. The quantitative estimate of drug-likeness (QED) is 0.878. The van der Waals surface area contributed by atoms with Gasteiger partial charge in [0.05, 0.1) is 0 Å². The molecule has 3 rings (SSSR count). The number of hydrogen-bond acceptors (Lipinski definition) is 1. The number of fused-ring (bicyclic) bond motifs is 1. The Kier molecular flexibility index (Phi) is 3.50. The molecule has 3 heteroatoms. The van der Waals surface area contributed by atoms with Gasteiger partial charge in [-0.2, -0.15) is 0 Å². The first-order valence-corrected chi connectivity index (χ1v) is 6.92. The Labute approximate surface area is 117 Å². The Morgan fingerprint density at radius 1 is 1.05 bits per heavy atom. The molecule has 0 radical (unpaired) electrons. The second kappa shape index (κ2) is 5.45. The molecule has 0 aliphatic heterocycles. The SMILES string of the molecule is O=C(Nc1cccc(F)c1)c1cccc2c1CCCC2. The number of carbonyl (C=O) groups is 1. The summed E-state index contributed by atoms with van der Waals surface area (Å²) < 4.78 is 13.1. The van der Waals surface area contributed by atoms with E-state index in [1.54, 1.807) is 12.1 Å². The molecule has 1 aliphatic carbocycles. The van der Waals surface area contributed by atoms with Gasteiger partial charge in [-0.25, -0.2) is 4.39 Å². The minimum atomic E-state index is -0.349. The standard InChI is InChI=1S/C17H16FNO/c18-13-7-4-8-14(11-13)19-17(20)16-10-3-6-12-5-1-2-9-15(12)16/h3-4,6-8,10-11H,1-2,5,9H2,(H,19,20). The van der Waals surface area contributed by atoms with Gasteiger partial charge < -0.3 is 5.32 Å². The van der Waals surface area contributed by atoms with E-state index in [4.69, 9.17) is 0 Å². The molecule has 1 amide bonds. The fourth-order valence-electron chi connectivity index (χ4n) is 2.76. The van der Waals surface area contributed by atoms with Crippen LogP contribution in [0.4, 0.5) is 10.1 Å². The van der Waals surface area contributed by atoms with Gasteiger partial charge in [-0.15, -0.1) is 0 Å². The van der Waals surface area contributed by atoms with Gasteiger partial charge in [-0.05, 0) is 61.1 Å². The highest BCUT2D eigenvalue weighted by atomic mass is 19.1. The number of rotatable bonds is 2. The van der Waals surface area contributed by atoms with Gasteiger partial charge in [0.25, 0.3) is 5.91 Å². The van der Waals surface area contributed by atoms with Crippen LogP contribution in [0.5, 0.6) is 0 Å². The summed E-state index contributed by atoms with van der Waals surface area (Å²) in [6.07, 6.45) is 4.29. The van der Waals surface area contributed by atoms with Crippen LogP contribution in [0.15, 0.2) is 42.5 Å². The average Bonchev–Trinajstić information content (AvgIpc) is 2.46. The molecule has 2 nitrogen and oxygen atoms in total. The first-order chi connectivity index (χ1) is 9.74. The zero-order valence-electron chi connectivity index (χ0n) is 11.2. The number of carbonyl (C=O) groups excluding carboxylic acids is 1. The van der Waals surface area contributed by atoms with Gasteiger partial charge in [0, 0.05) is 11.3 Å². The predicted octanol–water partition coefficient (Wildman–Crippen LogP) is 3.96. The van der Waals surface area contributed by atoms with Crippen molar-refractivity contribution in [3.63, 3.8) is 0 Å². The van der Waals surface area contributed by atoms with Crippen LogP contribution in [-0.4, -0.2) is 5.91 Å². The smallest absolute Gasteiger partial charge is 0.255 e. The molecular weight excluding hydrogens is 253 g/mol. The van der Waals surface area contributed by atoms with Crippen molar-refractivity contribution in [3.8, 4) is 0 Å². The molecule has 0 saturated heterocycles. The molecule has 2 aromatic carbocycles. The molecule has 102 valence electrons. The summed E-state index contributed by atoms with van der Waals surface area (Å²) in [4.78, 5) is 12.4. The van der Waals surface area contributed by atoms with Crippen molar-refractivity contribution in [2.45, 2.75) is 25.7 Å². The van der Waals surface area contributed by atoms with E-state index in [-0.39, 0.29) is 11.7 Å². The molecule has 1 N–H and O–H groups in total.